The Labute approximate surface area is 252 Å². The Bertz CT molecular complexity index is 1330. The molecule has 2 aromatic carbocycles. The number of hydrogen-bond donors (Lipinski definition) is 1. The molecular weight excluding hydrogens is 550 g/mol. The topological polar surface area (TPSA) is 90.4 Å². The largest absolute Gasteiger partial charge is 0.497 e. The van der Waals surface area contributed by atoms with Gasteiger partial charge in [-0.2, -0.15) is 0 Å². The first-order valence-electron chi connectivity index (χ1n) is 14.4. The SMILES string of the molecule is C=CCN(C)C(=O)[C@@H]1[C@@H]2CCC3(S2)C(C(=O)N(CC=C)c2ccc(OC)cc2)N([C@@H](CO)Cc2ccccc2)C(=O)[C@H]13. The molecule has 0 radical (unpaired) electrons. The van der Waals surface area contributed by atoms with Gasteiger partial charge in [0.25, 0.3) is 5.91 Å². The molecule has 3 amide bonds. The van der Waals surface area contributed by atoms with Gasteiger partial charge in [-0.25, -0.2) is 0 Å². The van der Waals surface area contributed by atoms with Crippen LogP contribution in [0.15, 0.2) is 79.9 Å². The highest BCUT2D eigenvalue weighted by Gasteiger charge is 2.74. The van der Waals surface area contributed by atoms with Crippen molar-refractivity contribution in [2.75, 3.05) is 38.8 Å². The summed E-state index contributed by atoms with van der Waals surface area (Å²) in [4.78, 5) is 48.0. The second-order valence-corrected chi connectivity index (χ2v) is 12.9. The third-order valence-electron chi connectivity index (χ3n) is 8.92. The molecule has 9 heteroatoms. The highest BCUT2D eigenvalue weighted by molar-refractivity contribution is 8.02. The number of methoxy groups -OCH3 is 1. The fourth-order valence-electron chi connectivity index (χ4n) is 7.08. The first-order valence-corrected chi connectivity index (χ1v) is 15.3. The maximum absolute atomic E-state index is 14.8. The summed E-state index contributed by atoms with van der Waals surface area (Å²) in [6.07, 6.45) is 5.13. The average molecular weight is 590 g/mol. The molecule has 6 atom stereocenters. The number of rotatable bonds is 12. The minimum Gasteiger partial charge on any atom is -0.497 e. The number of nitrogens with zero attached hydrogens (tertiary/aromatic N) is 3. The lowest BCUT2D eigenvalue weighted by Crippen LogP contribution is -2.58. The van der Waals surface area contributed by atoms with E-state index in [-0.39, 0.29) is 36.1 Å². The number of thioether (sulfide) groups is 1. The van der Waals surface area contributed by atoms with Crippen LogP contribution in [0.4, 0.5) is 5.69 Å². The van der Waals surface area contributed by atoms with Crippen molar-refractivity contribution in [3.8, 4) is 5.75 Å². The second-order valence-electron chi connectivity index (χ2n) is 11.3. The zero-order valence-electron chi connectivity index (χ0n) is 24.2. The molecule has 42 heavy (non-hydrogen) atoms. The van der Waals surface area contributed by atoms with Crippen LogP contribution in [0.5, 0.6) is 5.75 Å². The maximum Gasteiger partial charge on any atom is 0.251 e. The molecule has 3 fully saturated rings. The quantitative estimate of drug-likeness (QED) is 0.381. The van der Waals surface area contributed by atoms with Gasteiger partial charge in [-0.05, 0) is 49.1 Å². The van der Waals surface area contributed by atoms with E-state index >= 15 is 0 Å². The van der Waals surface area contributed by atoms with Crippen LogP contribution < -0.4 is 9.64 Å². The smallest absolute Gasteiger partial charge is 0.251 e. The molecule has 3 aliphatic rings. The van der Waals surface area contributed by atoms with E-state index in [9.17, 15) is 19.5 Å². The molecule has 2 unspecified atom stereocenters. The zero-order valence-corrected chi connectivity index (χ0v) is 25.0. The molecule has 0 aromatic heterocycles. The van der Waals surface area contributed by atoms with Gasteiger partial charge in [-0.1, -0.05) is 42.5 Å². The van der Waals surface area contributed by atoms with Gasteiger partial charge in [-0.3, -0.25) is 14.4 Å². The van der Waals surface area contributed by atoms with Crippen molar-refractivity contribution in [1.29, 1.82) is 0 Å². The molecule has 8 nitrogen and oxygen atoms in total. The average Bonchev–Trinajstić information content (AvgIpc) is 3.66. The van der Waals surface area contributed by atoms with Crippen molar-refractivity contribution < 1.29 is 24.2 Å². The van der Waals surface area contributed by atoms with E-state index in [4.69, 9.17) is 4.74 Å². The Morgan fingerprint density at radius 2 is 1.81 bits per heavy atom. The number of benzene rings is 2. The third kappa shape index (κ3) is 5.02. The molecule has 3 heterocycles. The van der Waals surface area contributed by atoms with E-state index in [2.05, 4.69) is 13.2 Å². The van der Waals surface area contributed by atoms with E-state index < -0.39 is 28.7 Å². The van der Waals surface area contributed by atoms with Crippen LogP contribution in [0, 0.1) is 11.8 Å². The lowest BCUT2D eigenvalue weighted by molar-refractivity contribution is -0.144. The Kier molecular flexibility index (Phi) is 8.80. The standard InChI is InChI=1S/C33H39N3O5S/c1-5-18-34(3)30(38)27-26-16-17-33(42-26)28(27)31(39)36(24(21-37)20-22-10-8-7-9-11-22)29(33)32(40)35(19-6-2)23-12-14-25(41-4)15-13-23/h5-15,24,26-29,37H,1-2,16-21H2,3-4H3/t24-,26+,27-,28+,29?,33?/m1/s1. The van der Waals surface area contributed by atoms with E-state index in [1.54, 1.807) is 64.9 Å². The lowest BCUT2D eigenvalue weighted by Gasteiger charge is -2.39. The highest BCUT2D eigenvalue weighted by Crippen LogP contribution is 2.67. The van der Waals surface area contributed by atoms with Crippen LogP contribution >= 0.6 is 11.8 Å². The van der Waals surface area contributed by atoms with Gasteiger partial charge >= 0.3 is 0 Å². The van der Waals surface area contributed by atoms with E-state index in [0.29, 0.717) is 30.8 Å². The predicted octanol–water partition coefficient (Wildman–Crippen LogP) is 3.55. The molecule has 5 rings (SSSR count). The third-order valence-corrected chi connectivity index (χ3v) is 10.9. The van der Waals surface area contributed by atoms with Crippen molar-refractivity contribution in [3.05, 3.63) is 85.5 Å². The van der Waals surface area contributed by atoms with Crippen molar-refractivity contribution in [2.24, 2.45) is 11.8 Å². The van der Waals surface area contributed by atoms with Crippen LogP contribution in [0.2, 0.25) is 0 Å². The molecule has 3 saturated heterocycles. The number of hydrogen-bond acceptors (Lipinski definition) is 6. The Hall–Kier alpha value is -3.56. The summed E-state index contributed by atoms with van der Waals surface area (Å²) in [6, 6.07) is 15.4. The second kappa shape index (κ2) is 12.4. The highest BCUT2D eigenvalue weighted by atomic mass is 32.2. The zero-order chi connectivity index (χ0) is 30.0. The summed E-state index contributed by atoms with van der Waals surface area (Å²) in [6.45, 7) is 7.97. The van der Waals surface area contributed by atoms with Gasteiger partial charge in [0.15, 0.2) is 0 Å². The number of carbonyl (C=O) groups is 3. The number of carbonyl (C=O) groups excluding carboxylic acids is 3. The van der Waals surface area contributed by atoms with E-state index in [1.807, 2.05) is 42.5 Å². The van der Waals surface area contributed by atoms with Gasteiger partial charge in [0.2, 0.25) is 11.8 Å². The molecule has 222 valence electrons. The molecule has 2 bridgehead atoms. The predicted molar refractivity (Wildman–Crippen MR) is 165 cm³/mol. The number of likely N-dealkylation sites (tertiary alicyclic amines) is 1. The van der Waals surface area contributed by atoms with Crippen LogP contribution in [0.1, 0.15) is 18.4 Å². The van der Waals surface area contributed by atoms with Gasteiger partial charge in [-0.15, -0.1) is 24.9 Å². The lowest BCUT2D eigenvalue weighted by atomic mass is 9.70. The number of likely N-dealkylation sites (N-methyl/N-ethyl adjacent to an activating group) is 1. The molecular formula is C33H39N3O5S. The Morgan fingerprint density at radius 3 is 2.43 bits per heavy atom. The minimum absolute atomic E-state index is 0.0493. The number of aliphatic hydroxyl groups is 1. The van der Waals surface area contributed by atoms with Gasteiger partial charge in [0.1, 0.15) is 11.8 Å². The normalized spacial score (nSPS) is 26.5. The van der Waals surface area contributed by atoms with Crippen molar-refractivity contribution in [1.82, 2.24) is 9.80 Å². The van der Waals surface area contributed by atoms with Crippen molar-refractivity contribution >= 4 is 35.2 Å². The summed E-state index contributed by atoms with van der Waals surface area (Å²) >= 11 is 1.63. The molecule has 0 aliphatic carbocycles. The van der Waals surface area contributed by atoms with Gasteiger partial charge in [0, 0.05) is 31.1 Å². The van der Waals surface area contributed by atoms with Crippen LogP contribution in [0.25, 0.3) is 0 Å². The molecule has 1 N–H and O–H groups in total. The number of fused-ring (bicyclic) bond motifs is 1. The minimum atomic E-state index is -0.851. The van der Waals surface area contributed by atoms with Crippen molar-refractivity contribution in [3.63, 3.8) is 0 Å². The maximum atomic E-state index is 14.8. The van der Waals surface area contributed by atoms with Crippen LogP contribution in [-0.2, 0) is 20.8 Å². The fourth-order valence-corrected chi connectivity index (χ4v) is 9.27. The molecule has 1 spiro atoms. The van der Waals surface area contributed by atoms with Gasteiger partial charge in [0.05, 0.1) is 36.3 Å². The monoisotopic (exact) mass is 589 g/mol. The molecule has 3 aliphatic heterocycles. The summed E-state index contributed by atoms with van der Waals surface area (Å²) in [7, 11) is 3.32. The van der Waals surface area contributed by atoms with E-state index in [1.165, 1.54) is 0 Å². The van der Waals surface area contributed by atoms with E-state index in [0.717, 1.165) is 12.0 Å². The summed E-state index contributed by atoms with van der Waals surface area (Å²) in [5.41, 5.74) is 1.62. The summed E-state index contributed by atoms with van der Waals surface area (Å²) in [5, 5.41) is 10.7. The number of anilines is 1. The fraction of sp³-hybridized carbons (Fsp3) is 0.424. The molecule has 0 saturated carbocycles. The first kappa shape index (κ1) is 29.9. The number of ether oxygens (including phenoxy) is 1. The van der Waals surface area contributed by atoms with Crippen LogP contribution in [-0.4, -0.2) is 88.6 Å². The Balaban J connectivity index is 1.60. The van der Waals surface area contributed by atoms with Crippen molar-refractivity contribution in [2.45, 2.75) is 41.3 Å². The molecule has 2 aromatic rings. The number of aliphatic hydroxyl groups excluding tert-OH is 1. The summed E-state index contributed by atoms with van der Waals surface area (Å²) in [5.74, 6) is -1.08. The van der Waals surface area contributed by atoms with Crippen LogP contribution in [0.3, 0.4) is 0 Å². The Morgan fingerprint density at radius 1 is 1.12 bits per heavy atom. The number of amides is 3. The van der Waals surface area contributed by atoms with Gasteiger partial charge < -0.3 is 24.5 Å². The first-order chi connectivity index (χ1) is 20.3. The summed E-state index contributed by atoms with van der Waals surface area (Å²) < 4.78 is 4.55.